The summed E-state index contributed by atoms with van der Waals surface area (Å²) in [4.78, 5) is 24.0. The minimum absolute atomic E-state index is 0.275. The van der Waals surface area contributed by atoms with Crippen LogP contribution in [0.25, 0.3) is 0 Å². The molecule has 0 aromatic heterocycles. The van der Waals surface area contributed by atoms with Gasteiger partial charge >= 0.3 is 5.97 Å². The zero-order valence-electron chi connectivity index (χ0n) is 12.7. The molecule has 0 bridgehead atoms. The van der Waals surface area contributed by atoms with Crippen LogP contribution in [0.5, 0.6) is 0 Å². The molecule has 1 amide bonds. The molecule has 0 spiro atoms. The molecular formula is C16H22N2O3. The predicted octanol–water partition coefficient (Wildman–Crippen LogP) is 2.06. The maximum atomic E-state index is 12.0. The highest BCUT2D eigenvalue weighted by Gasteiger charge is 2.34. The van der Waals surface area contributed by atoms with E-state index >= 15 is 0 Å². The SMILES string of the molecule is C=CC(C)(C)[C@@H](NNC(=O)c1ccccc1)C(=O)OCC. The van der Waals surface area contributed by atoms with Crippen LogP contribution in [0, 0.1) is 5.41 Å². The van der Waals surface area contributed by atoms with Crippen molar-refractivity contribution in [2.75, 3.05) is 6.61 Å². The van der Waals surface area contributed by atoms with Crippen LogP contribution in [0.15, 0.2) is 43.0 Å². The second kappa shape index (κ2) is 7.59. The predicted molar refractivity (Wildman–Crippen MR) is 81.4 cm³/mol. The molecule has 2 N–H and O–H groups in total. The molecule has 21 heavy (non-hydrogen) atoms. The third kappa shape index (κ3) is 4.72. The van der Waals surface area contributed by atoms with Crippen LogP contribution in [0.4, 0.5) is 0 Å². The highest BCUT2D eigenvalue weighted by atomic mass is 16.5. The molecule has 0 aliphatic carbocycles. The van der Waals surface area contributed by atoms with Gasteiger partial charge in [0.1, 0.15) is 6.04 Å². The normalized spacial score (nSPS) is 12.3. The standard InChI is InChI=1S/C16H22N2O3/c1-5-16(3,4)13(15(20)21-6-2)17-18-14(19)12-10-8-7-9-11-12/h5,7-11,13,17H,1,6H2,2-4H3,(H,18,19)/t13-/m0/s1. The first kappa shape index (κ1) is 16.9. The summed E-state index contributed by atoms with van der Waals surface area (Å²) in [6.45, 7) is 9.40. The van der Waals surface area contributed by atoms with E-state index in [4.69, 9.17) is 4.74 Å². The van der Waals surface area contributed by atoms with E-state index in [1.807, 2.05) is 19.9 Å². The van der Waals surface area contributed by atoms with E-state index in [0.717, 1.165) is 0 Å². The number of hydrogen-bond donors (Lipinski definition) is 2. The van der Waals surface area contributed by atoms with Crippen molar-refractivity contribution in [2.45, 2.75) is 26.8 Å². The molecule has 0 heterocycles. The molecule has 0 aliphatic heterocycles. The molecule has 1 aromatic rings. The molecule has 1 atom stereocenters. The lowest BCUT2D eigenvalue weighted by atomic mass is 9.85. The summed E-state index contributed by atoms with van der Waals surface area (Å²) in [7, 11) is 0. The number of hydrogen-bond acceptors (Lipinski definition) is 4. The van der Waals surface area contributed by atoms with E-state index in [1.165, 1.54) is 0 Å². The Hall–Kier alpha value is -2.14. The molecular weight excluding hydrogens is 268 g/mol. The van der Waals surface area contributed by atoms with E-state index in [2.05, 4.69) is 17.4 Å². The summed E-state index contributed by atoms with van der Waals surface area (Å²) in [6, 6.07) is 8.02. The maximum absolute atomic E-state index is 12.0. The molecule has 0 aliphatic rings. The summed E-state index contributed by atoms with van der Waals surface area (Å²) in [5.74, 6) is -0.750. The maximum Gasteiger partial charge on any atom is 0.325 e. The lowest BCUT2D eigenvalue weighted by Crippen LogP contribution is -2.55. The van der Waals surface area contributed by atoms with E-state index < -0.39 is 17.4 Å². The zero-order chi connectivity index (χ0) is 15.9. The Labute approximate surface area is 125 Å². The largest absolute Gasteiger partial charge is 0.465 e. The number of carbonyl (C=O) groups is 2. The van der Waals surface area contributed by atoms with Crippen LogP contribution in [-0.4, -0.2) is 24.5 Å². The van der Waals surface area contributed by atoms with Crippen molar-refractivity contribution in [2.24, 2.45) is 5.41 Å². The fourth-order valence-electron chi connectivity index (χ4n) is 1.69. The van der Waals surface area contributed by atoms with Crippen molar-refractivity contribution in [3.8, 4) is 0 Å². The number of benzene rings is 1. The van der Waals surface area contributed by atoms with Gasteiger partial charge in [0.15, 0.2) is 0 Å². The van der Waals surface area contributed by atoms with Gasteiger partial charge in [-0.3, -0.25) is 15.0 Å². The quantitative estimate of drug-likeness (QED) is 0.458. The van der Waals surface area contributed by atoms with Gasteiger partial charge in [0.25, 0.3) is 5.91 Å². The monoisotopic (exact) mass is 290 g/mol. The molecule has 0 unspecified atom stereocenters. The van der Waals surface area contributed by atoms with Gasteiger partial charge in [-0.25, -0.2) is 5.43 Å². The topological polar surface area (TPSA) is 67.4 Å². The van der Waals surface area contributed by atoms with Crippen molar-refractivity contribution >= 4 is 11.9 Å². The van der Waals surface area contributed by atoms with Crippen molar-refractivity contribution in [1.82, 2.24) is 10.9 Å². The fraction of sp³-hybridized carbons (Fsp3) is 0.375. The Morgan fingerprint density at radius 1 is 1.33 bits per heavy atom. The number of esters is 1. The number of nitrogens with one attached hydrogen (secondary N) is 2. The first-order chi connectivity index (χ1) is 9.92. The average molecular weight is 290 g/mol. The molecule has 1 rings (SSSR count). The first-order valence-electron chi connectivity index (χ1n) is 6.83. The molecule has 0 fully saturated rings. The van der Waals surface area contributed by atoms with Crippen molar-refractivity contribution in [3.63, 3.8) is 0 Å². The van der Waals surface area contributed by atoms with E-state index in [0.29, 0.717) is 5.56 Å². The highest BCUT2D eigenvalue weighted by Crippen LogP contribution is 2.22. The summed E-state index contributed by atoms with van der Waals surface area (Å²) in [5.41, 5.74) is 5.22. The second-order valence-corrected chi connectivity index (χ2v) is 5.18. The third-order valence-corrected chi connectivity index (χ3v) is 3.16. The average Bonchev–Trinajstić information content (AvgIpc) is 2.48. The molecule has 0 radical (unpaired) electrons. The van der Waals surface area contributed by atoms with Gasteiger partial charge in [0, 0.05) is 11.0 Å². The number of amides is 1. The minimum Gasteiger partial charge on any atom is -0.465 e. The van der Waals surface area contributed by atoms with Gasteiger partial charge in [-0.15, -0.1) is 6.58 Å². The Bertz CT molecular complexity index is 498. The van der Waals surface area contributed by atoms with Crippen LogP contribution in [0.2, 0.25) is 0 Å². The lowest BCUT2D eigenvalue weighted by molar-refractivity contribution is -0.148. The molecule has 5 nitrogen and oxygen atoms in total. The Morgan fingerprint density at radius 3 is 2.48 bits per heavy atom. The minimum atomic E-state index is -0.720. The van der Waals surface area contributed by atoms with E-state index in [1.54, 1.807) is 37.3 Å². The van der Waals surface area contributed by atoms with Crippen molar-refractivity contribution in [3.05, 3.63) is 48.6 Å². The summed E-state index contributed by atoms with van der Waals surface area (Å²) >= 11 is 0. The van der Waals surface area contributed by atoms with Gasteiger partial charge in [0.2, 0.25) is 0 Å². The molecule has 1 aromatic carbocycles. The van der Waals surface area contributed by atoms with Crippen molar-refractivity contribution in [1.29, 1.82) is 0 Å². The fourth-order valence-corrected chi connectivity index (χ4v) is 1.69. The van der Waals surface area contributed by atoms with Crippen LogP contribution in [-0.2, 0) is 9.53 Å². The lowest BCUT2D eigenvalue weighted by Gasteiger charge is -2.30. The second-order valence-electron chi connectivity index (χ2n) is 5.18. The summed E-state index contributed by atoms with van der Waals surface area (Å²) < 4.78 is 5.03. The van der Waals surface area contributed by atoms with E-state index in [-0.39, 0.29) is 12.5 Å². The van der Waals surface area contributed by atoms with Crippen LogP contribution < -0.4 is 10.9 Å². The Kier molecular flexibility index (Phi) is 6.11. The molecule has 5 heteroatoms. The number of ether oxygens (including phenoxy) is 1. The molecule has 0 saturated carbocycles. The first-order valence-corrected chi connectivity index (χ1v) is 6.83. The van der Waals surface area contributed by atoms with E-state index in [9.17, 15) is 9.59 Å². The van der Waals surface area contributed by atoms with Gasteiger partial charge in [0.05, 0.1) is 6.61 Å². The van der Waals surface area contributed by atoms with Crippen LogP contribution in [0.1, 0.15) is 31.1 Å². The smallest absolute Gasteiger partial charge is 0.325 e. The Balaban J connectivity index is 2.76. The summed E-state index contributed by atoms with van der Waals surface area (Å²) in [6.07, 6.45) is 1.65. The van der Waals surface area contributed by atoms with Crippen LogP contribution in [0.3, 0.4) is 0 Å². The number of rotatable bonds is 7. The number of carbonyl (C=O) groups excluding carboxylic acids is 2. The molecule has 0 saturated heterocycles. The van der Waals surface area contributed by atoms with Crippen LogP contribution >= 0.6 is 0 Å². The Morgan fingerprint density at radius 2 is 1.95 bits per heavy atom. The van der Waals surface area contributed by atoms with Gasteiger partial charge in [-0.2, -0.15) is 0 Å². The van der Waals surface area contributed by atoms with Gasteiger partial charge in [-0.1, -0.05) is 38.1 Å². The third-order valence-electron chi connectivity index (χ3n) is 3.16. The van der Waals surface area contributed by atoms with Gasteiger partial charge < -0.3 is 4.74 Å². The zero-order valence-corrected chi connectivity index (χ0v) is 12.7. The summed E-state index contributed by atoms with van der Waals surface area (Å²) in [5, 5.41) is 0. The van der Waals surface area contributed by atoms with Gasteiger partial charge in [-0.05, 0) is 19.1 Å². The molecule has 114 valence electrons. The van der Waals surface area contributed by atoms with Crippen molar-refractivity contribution < 1.29 is 14.3 Å². The highest BCUT2D eigenvalue weighted by molar-refractivity contribution is 5.94. The number of hydrazine groups is 1.